The Balaban J connectivity index is 1.51. The second-order valence-electron chi connectivity index (χ2n) is 13.1. The van der Waals surface area contributed by atoms with E-state index in [4.69, 9.17) is 15.2 Å². The van der Waals surface area contributed by atoms with Gasteiger partial charge in [0.1, 0.15) is 11.7 Å². The standard InChI is InChI=1S/C30H40N2O4S/c1-16-14-29-17(2)12-22-23(27(22,3)4)21(25(29)33)13-18-15-35-28(5,6)36-26(18)30(29,34)24(16)32(7)37-20-10-8-19(31)9-11-20/h8-11,13-14,17,21-24,26,34H,12,15,31H2,1-7H3/t17-,21?,22?,23+,24?,26?,29?,30?/m1/s1. The van der Waals surface area contributed by atoms with E-state index in [9.17, 15) is 9.90 Å². The molecule has 8 atom stereocenters. The van der Waals surface area contributed by atoms with Crippen LogP contribution >= 0.6 is 11.9 Å². The number of ketones is 1. The van der Waals surface area contributed by atoms with E-state index in [0.717, 1.165) is 22.5 Å². The summed E-state index contributed by atoms with van der Waals surface area (Å²) in [5.41, 5.74) is 6.13. The third-order valence-electron chi connectivity index (χ3n) is 10.2. The van der Waals surface area contributed by atoms with E-state index in [0.29, 0.717) is 18.2 Å². The number of nitrogens with zero attached hydrogens (tertiary/aromatic N) is 1. The van der Waals surface area contributed by atoms with Gasteiger partial charge in [0.05, 0.1) is 18.1 Å². The lowest BCUT2D eigenvalue weighted by Crippen LogP contribution is -2.69. The largest absolute Gasteiger partial charge is 0.399 e. The molecule has 2 saturated carbocycles. The number of Topliss-reactive ketones (excluding diaryl/α,β-unsaturated/α-hetero) is 1. The van der Waals surface area contributed by atoms with E-state index in [-0.39, 0.29) is 29.0 Å². The first kappa shape index (κ1) is 25.6. The normalized spacial score (nSPS) is 43.1. The number of rotatable bonds is 3. The van der Waals surface area contributed by atoms with Crippen LogP contribution in [0.1, 0.15) is 48.0 Å². The lowest BCUT2D eigenvalue weighted by Gasteiger charge is -2.54. The molecule has 200 valence electrons. The number of hydrogen-bond donors (Lipinski definition) is 2. The molecule has 1 saturated heterocycles. The molecule has 5 aliphatic rings. The Kier molecular flexibility index (Phi) is 5.51. The second kappa shape index (κ2) is 7.95. The topological polar surface area (TPSA) is 85.0 Å². The molecule has 3 N–H and O–H groups in total. The van der Waals surface area contributed by atoms with Crippen molar-refractivity contribution >= 4 is 23.4 Å². The Hall–Kier alpha value is -1.64. The van der Waals surface area contributed by atoms with E-state index in [1.165, 1.54) is 0 Å². The summed E-state index contributed by atoms with van der Waals surface area (Å²) in [7, 11) is 2.00. The van der Waals surface area contributed by atoms with Crippen molar-refractivity contribution in [3.63, 3.8) is 0 Å². The smallest absolute Gasteiger partial charge is 0.164 e. The van der Waals surface area contributed by atoms with E-state index in [1.54, 1.807) is 11.9 Å². The number of nitrogens with two attached hydrogens (primary N) is 1. The van der Waals surface area contributed by atoms with Gasteiger partial charge in [-0.25, -0.2) is 4.31 Å². The highest BCUT2D eigenvalue weighted by molar-refractivity contribution is 7.97. The monoisotopic (exact) mass is 524 g/mol. The minimum absolute atomic E-state index is 0.0264. The SMILES string of the molecule is CC1=CC23C(=O)C(C=C4COC(C)(C)OC4C2(O)C1N(C)Sc1ccc(N)cc1)[C@H]1C(C[C@H]3C)C1(C)C. The van der Waals surface area contributed by atoms with Crippen molar-refractivity contribution in [2.75, 3.05) is 19.4 Å². The van der Waals surface area contributed by atoms with Gasteiger partial charge in [-0.15, -0.1) is 0 Å². The van der Waals surface area contributed by atoms with Gasteiger partial charge in [-0.05, 0) is 99.2 Å². The fraction of sp³-hybridized carbons (Fsp3) is 0.633. The Morgan fingerprint density at radius 3 is 2.51 bits per heavy atom. The summed E-state index contributed by atoms with van der Waals surface area (Å²) < 4.78 is 14.8. The van der Waals surface area contributed by atoms with Gasteiger partial charge >= 0.3 is 0 Å². The minimum atomic E-state index is -1.48. The summed E-state index contributed by atoms with van der Waals surface area (Å²) >= 11 is 1.56. The number of ether oxygens (including phenoxy) is 2. The molecule has 0 amide bonds. The number of hydrogen-bond acceptors (Lipinski definition) is 7. The van der Waals surface area contributed by atoms with Gasteiger partial charge in [-0.1, -0.05) is 38.5 Å². The zero-order valence-corrected chi connectivity index (χ0v) is 23.8. The average Bonchev–Trinajstić information content (AvgIpc) is 3.28. The minimum Gasteiger partial charge on any atom is -0.399 e. The molecule has 1 aliphatic heterocycles. The van der Waals surface area contributed by atoms with E-state index in [1.807, 2.05) is 45.2 Å². The molecule has 7 heteroatoms. The molecule has 37 heavy (non-hydrogen) atoms. The predicted octanol–water partition coefficient (Wildman–Crippen LogP) is 4.84. The molecule has 1 aromatic carbocycles. The number of anilines is 1. The van der Waals surface area contributed by atoms with Gasteiger partial charge in [0.15, 0.2) is 11.6 Å². The highest BCUT2D eigenvalue weighted by atomic mass is 32.2. The van der Waals surface area contributed by atoms with Crippen molar-refractivity contribution in [3.8, 4) is 0 Å². The van der Waals surface area contributed by atoms with Crippen LogP contribution in [0.2, 0.25) is 0 Å². The van der Waals surface area contributed by atoms with Gasteiger partial charge in [0.25, 0.3) is 0 Å². The highest BCUT2D eigenvalue weighted by Gasteiger charge is 2.77. The summed E-state index contributed by atoms with van der Waals surface area (Å²) in [6, 6.07) is 7.32. The number of fused-ring (bicyclic) bond motifs is 5. The summed E-state index contributed by atoms with van der Waals surface area (Å²) in [6.07, 6.45) is 4.51. The van der Waals surface area contributed by atoms with E-state index in [2.05, 4.69) is 44.2 Å². The van der Waals surface area contributed by atoms with E-state index >= 15 is 0 Å². The van der Waals surface area contributed by atoms with Gasteiger partial charge < -0.3 is 20.3 Å². The summed E-state index contributed by atoms with van der Waals surface area (Å²) in [5.74, 6) is -0.252. The number of carbonyl (C=O) groups is 1. The zero-order valence-electron chi connectivity index (χ0n) is 22.9. The molecule has 1 spiro atoms. The fourth-order valence-corrected chi connectivity index (χ4v) is 9.47. The number of aliphatic hydroxyl groups is 1. The van der Waals surface area contributed by atoms with Gasteiger partial charge in [0, 0.05) is 16.5 Å². The first-order chi connectivity index (χ1) is 17.2. The number of benzene rings is 1. The molecule has 0 aromatic heterocycles. The Bertz CT molecular complexity index is 1210. The second-order valence-corrected chi connectivity index (χ2v) is 14.3. The molecule has 6 unspecified atom stereocenters. The van der Waals surface area contributed by atoms with Crippen LogP contribution < -0.4 is 5.73 Å². The molecular formula is C30H40N2O4S. The third-order valence-corrected chi connectivity index (χ3v) is 11.2. The van der Waals surface area contributed by atoms with Gasteiger partial charge in [0.2, 0.25) is 0 Å². The first-order valence-corrected chi connectivity index (χ1v) is 14.3. The van der Waals surface area contributed by atoms with Crippen molar-refractivity contribution in [3.05, 3.63) is 47.6 Å². The highest BCUT2D eigenvalue weighted by Crippen LogP contribution is 2.72. The van der Waals surface area contributed by atoms with Crippen LogP contribution in [0.5, 0.6) is 0 Å². The van der Waals surface area contributed by atoms with Gasteiger partial charge in [-0.2, -0.15) is 0 Å². The molecule has 0 radical (unpaired) electrons. The van der Waals surface area contributed by atoms with Crippen LogP contribution in [0.25, 0.3) is 0 Å². The van der Waals surface area contributed by atoms with Crippen molar-refractivity contribution in [1.29, 1.82) is 0 Å². The zero-order chi connectivity index (χ0) is 26.7. The van der Waals surface area contributed by atoms with Crippen LogP contribution in [0.4, 0.5) is 5.69 Å². The quantitative estimate of drug-likeness (QED) is 0.332. The fourth-order valence-electron chi connectivity index (χ4n) is 8.45. The lowest BCUT2D eigenvalue weighted by atomic mass is 9.58. The van der Waals surface area contributed by atoms with E-state index < -0.39 is 28.9 Å². The summed E-state index contributed by atoms with van der Waals surface area (Å²) in [6.45, 7) is 13.0. The lowest BCUT2D eigenvalue weighted by molar-refractivity contribution is -0.297. The number of likely N-dealkylation sites (N-methyl/N-ethyl adjacent to an activating group) is 1. The Morgan fingerprint density at radius 2 is 1.84 bits per heavy atom. The van der Waals surface area contributed by atoms with Crippen molar-refractivity contribution in [2.24, 2.45) is 34.5 Å². The third kappa shape index (κ3) is 3.37. The molecule has 2 bridgehead atoms. The molecule has 1 heterocycles. The maximum absolute atomic E-state index is 14.8. The van der Waals surface area contributed by atoms with Crippen molar-refractivity contribution < 1.29 is 19.4 Å². The molecule has 3 fully saturated rings. The maximum atomic E-state index is 14.8. The number of carbonyl (C=O) groups excluding carboxylic acids is 1. The van der Waals surface area contributed by atoms with Crippen molar-refractivity contribution in [2.45, 2.75) is 76.4 Å². The Labute approximate surface area is 224 Å². The average molecular weight is 525 g/mol. The molecular weight excluding hydrogens is 484 g/mol. The first-order valence-electron chi connectivity index (χ1n) is 13.5. The Morgan fingerprint density at radius 1 is 1.16 bits per heavy atom. The van der Waals surface area contributed by atoms with Crippen molar-refractivity contribution in [1.82, 2.24) is 4.31 Å². The number of nitrogen functional groups attached to an aromatic ring is 1. The van der Waals surface area contributed by atoms with Gasteiger partial charge in [-0.3, -0.25) is 4.79 Å². The summed E-state index contributed by atoms with van der Waals surface area (Å²) in [5, 5.41) is 13.3. The van der Waals surface area contributed by atoms with Crippen LogP contribution in [0, 0.1) is 34.5 Å². The summed E-state index contributed by atoms with van der Waals surface area (Å²) in [4.78, 5) is 15.8. The molecule has 6 rings (SSSR count). The molecule has 6 nitrogen and oxygen atoms in total. The molecule has 4 aliphatic carbocycles. The number of allylic oxidation sites excluding steroid dienone is 1. The molecule has 1 aromatic rings. The van der Waals surface area contributed by atoms with Crippen LogP contribution in [0.3, 0.4) is 0 Å². The van der Waals surface area contributed by atoms with Crippen LogP contribution in [-0.4, -0.2) is 52.4 Å². The maximum Gasteiger partial charge on any atom is 0.164 e. The predicted molar refractivity (Wildman–Crippen MR) is 145 cm³/mol. The van der Waals surface area contributed by atoms with Crippen LogP contribution in [-0.2, 0) is 14.3 Å². The van der Waals surface area contributed by atoms with Crippen LogP contribution in [0.15, 0.2) is 52.5 Å².